The van der Waals surface area contributed by atoms with Gasteiger partial charge in [-0.25, -0.2) is 0 Å². The molecule has 0 unspecified atom stereocenters. The first-order valence-corrected chi connectivity index (χ1v) is 6.61. The maximum Gasteiger partial charge on any atom is 0.416 e. The van der Waals surface area contributed by atoms with Gasteiger partial charge in [0.05, 0.1) is 5.56 Å². The monoisotopic (exact) mass is 284 g/mol. The number of nitrogens with one attached hydrogen (secondary N) is 1. The Morgan fingerprint density at radius 2 is 1.85 bits per heavy atom. The summed E-state index contributed by atoms with van der Waals surface area (Å²) in [5, 5.41) is 3.39. The minimum absolute atomic E-state index is 0.0693. The van der Waals surface area contributed by atoms with E-state index in [1.165, 1.54) is 12.1 Å². The molecule has 1 N–H and O–H groups in total. The summed E-state index contributed by atoms with van der Waals surface area (Å²) < 4.78 is 37.4. The standard InChI is InChI=1S/C14H15F3N2O/c15-14(16,17)11-3-1-10(2-4-11)12(20)19-8-7-18-13(9-19)5-6-13/h1-4,18H,5-9H2. The highest BCUT2D eigenvalue weighted by atomic mass is 19.4. The van der Waals surface area contributed by atoms with Crippen LogP contribution in [0.1, 0.15) is 28.8 Å². The zero-order valence-corrected chi connectivity index (χ0v) is 10.8. The van der Waals surface area contributed by atoms with Gasteiger partial charge in [-0.05, 0) is 37.1 Å². The largest absolute Gasteiger partial charge is 0.416 e. The topological polar surface area (TPSA) is 32.3 Å². The maximum absolute atomic E-state index is 12.5. The highest BCUT2D eigenvalue weighted by molar-refractivity contribution is 5.94. The molecule has 0 radical (unpaired) electrons. The number of hydrogen-bond acceptors (Lipinski definition) is 2. The normalized spacial score (nSPS) is 21.1. The van der Waals surface area contributed by atoms with Crippen LogP contribution < -0.4 is 5.32 Å². The third kappa shape index (κ3) is 2.52. The third-order valence-corrected chi connectivity index (χ3v) is 3.98. The van der Waals surface area contributed by atoms with Crippen LogP contribution in [0.4, 0.5) is 13.2 Å². The number of carbonyl (C=O) groups is 1. The molecular formula is C14H15F3N2O. The van der Waals surface area contributed by atoms with E-state index in [1.54, 1.807) is 4.90 Å². The first-order chi connectivity index (χ1) is 9.40. The molecular weight excluding hydrogens is 269 g/mol. The van der Waals surface area contributed by atoms with Crippen molar-refractivity contribution in [2.24, 2.45) is 0 Å². The van der Waals surface area contributed by atoms with E-state index in [0.717, 1.165) is 31.5 Å². The predicted molar refractivity (Wildman–Crippen MR) is 67.3 cm³/mol. The van der Waals surface area contributed by atoms with E-state index >= 15 is 0 Å². The molecule has 20 heavy (non-hydrogen) atoms. The van der Waals surface area contributed by atoms with E-state index in [1.807, 2.05) is 0 Å². The molecule has 0 aromatic heterocycles. The van der Waals surface area contributed by atoms with Crippen LogP contribution in [0, 0.1) is 0 Å². The Morgan fingerprint density at radius 1 is 1.20 bits per heavy atom. The van der Waals surface area contributed by atoms with E-state index in [4.69, 9.17) is 0 Å². The summed E-state index contributed by atoms with van der Waals surface area (Å²) in [5.74, 6) is -0.188. The molecule has 2 aliphatic rings. The van der Waals surface area contributed by atoms with E-state index in [-0.39, 0.29) is 11.4 Å². The fraction of sp³-hybridized carbons (Fsp3) is 0.500. The molecule has 1 heterocycles. The quantitative estimate of drug-likeness (QED) is 0.858. The molecule has 2 fully saturated rings. The van der Waals surface area contributed by atoms with Crippen LogP contribution in [-0.4, -0.2) is 36.0 Å². The van der Waals surface area contributed by atoms with Crippen LogP contribution in [0.15, 0.2) is 24.3 Å². The van der Waals surface area contributed by atoms with Crippen molar-refractivity contribution in [1.29, 1.82) is 0 Å². The summed E-state index contributed by atoms with van der Waals surface area (Å²) in [6.07, 6.45) is -2.25. The minimum Gasteiger partial charge on any atom is -0.336 e. The smallest absolute Gasteiger partial charge is 0.336 e. The van der Waals surface area contributed by atoms with Crippen LogP contribution in [-0.2, 0) is 6.18 Å². The number of rotatable bonds is 1. The summed E-state index contributed by atoms with van der Waals surface area (Å²) in [6, 6.07) is 4.43. The molecule has 1 aliphatic carbocycles. The number of benzene rings is 1. The van der Waals surface area contributed by atoms with Crippen molar-refractivity contribution in [2.45, 2.75) is 24.6 Å². The molecule has 1 aliphatic heterocycles. The fourth-order valence-corrected chi connectivity index (χ4v) is 2.60. The van der Waals surface area contributed by atoms with Crippen molar-refractivity contribution in [1.82, 2.24) is 10.2 Å². The molecule has 0 bridgehead atoms. The van der Waals surface area contributed by atoms with Crippen molar-refractivity contribution < 1.29 is 18.0 Å². The van der Waals surface area contributed by atoms with E-state index < -0.39 is 11.7 Å². The number of piperazine rings is 1. The molecule has 1 aromatic carbocycles. The Kier molecular flexibility index (Phi) is 3.01. The van der Waals surface area contributed by atoms with E-state index in [0.29, 0.717) is 18.7 Å². The fourth-order valence-electron chi connectivity index (χ4n) is 2.60. The summed E-state index contributed by atoms with van der Waals surface area (Å²) in [4.78, 5) is 14.0. The Hall–Kier alpha value is -1.56. The molecule has 1 aromatic rings. The Labute approximate surface area is 114 Å². The van der Waals surface area contributed by atoms with Gasteiger partial charge in [0.1, 0.15) is 0 Å². The second-order valence-electron chi connectivity index (χ2n) is 5.51. The minimum atomic E-state index is -4.37. The predicted octanol–water partition coefficient (Wildman–Crippen LogP) is 2.28. The van der Waals surface area contributed by atoms with Crippen LogP contribution in [0.3, 0.4) is 0 Å². The van der Waals surface area contributed by atoms with Crippen molar-refractivity contribution >= 4 is 5.91 Å². The second-order valence-corrected chi connectivity index (χ2v) is 5.51. The molecule has 6 heteroatoms. The zero-order chi connectivity index (χ0) is 14.4. The lowest BCUT2D eigenvalue weighted by atomic mass is 10.1. The number of hydrogen-bond donors (Lipinski definition) is 1. The summed E-state index contributed by atoms with van der Waals surface area (Å²) in [5.41, 5.74) is -0.344. The van der Waals surface area contributed by atoms with Gasteiger partial charge in [-0.15, -0.1) is 0 Å². The summed E-state index contributed by atoms with van der Waals surface area (Å²) in [7, 11) is 0. The van der Waals surface area contributed by atoms with Gasteiger partial charge >= 0.3 is 6.18 Å². The van der Waals surface area contributed by atoms with Gasteiger partial charge in [0, 0.05) is 30.7 Å². The number of nitrogens with zero attached hydrogens (tertiary/aromatic N) is 1. The number of carbonyl (C=O) groups excluding carboxylic acids is 1. The summed E-state index contributed by atoms with van der Waals surface area (Å²) in [6.45, 7) is 1.99. The Balaban J connectivity index is 1.73. The lowest BCUT2D eigenvalue weighted by Crippen LogP contribution is -2.54. The molecule has 0 atom stereocenters. The number of halogens is 3. The lowest BCUT2D eigenvalue weighted by Gasteiger charge is -2.34. The van der Waals surface area contributed by atoms with Crippen LogP contribution in [0.25, 0.3) is 0 Å². The van der Waals surface area contributed by atoms with Crippen molar-refractivity contribution in [3.63, 3.8) is 0 Å². The van der Waals surface area contributed by atoms with Gasteiger partial charge in [-0.2, -0.15) is 13.2 Å². The first kappa shape index (κ1) is 13.4. The van der Waals surface area contributed by atoms with Gasteiger partial charge in [-0.3, -0.25) is 4.79 Å². The Bertz CT molecular complexity index is 520. The van der Waals surface area contributed by atoms with E-state index in [9.17, 15) is 18.0 Å². The molecule has 1 amide bonds. The van der Waals surface area contributed by atoms with Crippen molar-refractivity contribution in [2.75, 3.05) is 19.6 Å². The molecule has 1 spiro atoms. The zero-order valence-electron chi connectivity index (χ0n) is 10.8. The van der Waals surface area contributed by atoms with Crippen LogP contribution in [0.2, 0.25) is 0 Å². The maximum atomic E-state index is 12.5. The van der Waals surface area contributed by atoms with Crippen LogP contribution >= 0.6 is 0 Å². The summed E-state index contributed by atoms with van der Waals surface area (Å²) >= 11 is 0. The second kappa shape index (κ2) is 4.48. The third-order valence-electron chi connectivity index (χ3n) is 3.98. The molecule has 108 valence electrons. The molecule has 1 saturated heterocycles. The first-order valence-electron chi connectivity index (χ1n) is 6.61. The van der Waals surface area contributed by atoms with Crippen molar-refractivity contribution in [3.05, 3.63) is 35.4 Å². The van der Waals surface area contributed by atoms with Gasteiger partial charge in [-0.1, -0.05) is 0 Å². The van der Waals surface area contributed by atoms with Crippen LogP contribution in [0.5, 0.6) is 0 Å². The van der Waals surface area contributed by atoms with Gasteiger partial charge < -0.3 is 10.2 Å². The SMILES string of the molecule is O=C(c1ccc(C(F)(F)F)cc1)N1CCNC2(CC2)C1. The van der Waals surface area contributed by atoms with Gasteiger partial charge in [0.15, 0.2) is 0 Å². The Morgan fingerprint density at radius 3 is 2.40 bits per heavy atom. The molecule has 1 saturated carbocycles. The number of alkyl halides is 3. The van der Waals surface area contributed by atoms with Crippen molar-refractivity contribution in [3.8, 4) is 0 Å². The molecule has 3 nitrogen and oxygen atoms in total. The average Bonchev–Trinajstić information content (AvgIpc) is 3.16. The average molecular weight is 284 g/mol. The molecule has 3 rings (SSSR count). The number of amides is 1. The highest BCUT2D eigenvalue weighted by Crippen LogP contribution is 2.37. The van der Waals surface area contributed by atoms with Gasteiger partial charge in [0.25, 0.3) is 5.91 Å². The lowest BCUT2D eigenvalue weighted by molar-refractivity contribution is -0.137. The van der Waals surface area contributed by atoms with E-state index in [2.05, 4.69) is 5.32 Å². The van der Waals surface area contributed by atoms with Gasteiger partial charge in [0.2, 0.25) is 0 Å². The highest BCUT2D eigenvalue weighted by Gasteiger charge is 2.46.